The van der Waals surface area contributed by atoms with E-state index in [1.807, 2.05) is 42.5 Å². The van der Waals surface area contributed by atoms with Gasteiger partial charge in [-0.15, -0.1) is 0 Å². The molecule has 0 atom stereocenters. The normalized spacial score (nSPS) is 9.92. The summed E-state index contributed by atoms with van der Waals surface area (Å²) in [6.45, 7) is 3.37. The van der Waals surface area contributed by atoms with Gasteiger partial charge in [0.05, 0.1) is 6.07 Å². The molecule has 0 heterocycles. The Bertz CT molecular complexity index is 720. The van der Waals surface area contributed by atoms with Crippen molar-refractivity contribution < 1.29 is 14.3 Å². The largest absolute Gasteiger partial charge is 0.490 e. The van der Waals surface area contributed by atoms with Crippen LogP contribution < -0.4 is 14.8 Å². The molecule has 0 unspecified atom stereocenters. The molecule has 0 fully saturated rings. The Morgan fingerprint density at radius 2 is 1.76 bits per heavy atom. The molecule has 0 aliphatic carbocycles. The van der Waals surface area contributed by atoms with Crippen molar-refractivity contribution in [1.29, 1.82) is 5.26 Å². The average molecular weight is 338 g/mol. The number of amides is 1. The van der Waals surface area contributed by atoms with Crippen molar-refractivity contribution in [3.8, 4) is 17.6 Å². The highest BCUT2D eigenvalue weighted by Crippen LogP contribution is 2.15. The van der Waals surface area contributed by atoms with Crippen LogP contribution in [-0.2, 0) is 17.8 Å². The Kier molecular flexibility index (Phi) is 7.33. The van der Waals surface area contributed by atoms with Gasteiger partial charge in [-0.25, -0.2) is 0 Å². The lowest BCUT2D eigenvalue weighted by Crippen LogP contribution is -2.21. The number of hydrogen-bond acceptors (Lipinski definition) is 4. The van der Waals surface area contributed by atoms with E-state index in [4.69, 9.17) is 14.7 Å². The maximum absolute atomic E-state index is 11.3. The van der Waals surface area contributed by atoms with E-state index >= 15 is 0 Å². The molecule has 0 spiro atoms. The van der Waals surface area contributed by atoms with Crippen molar-refractivity contribution in [1.82, 2.24) is 5.32 Å². The first-order valence-corrected chi connectivity index (χ1v) is 8.28. The van der Waals surface area contributed by atoms with E-state index in [0.717, 1.165) is 23.5 Å². The molecule has 2 rings (SSSR count). The highest BCUT2D eigenvalue weighted by Gasteiger charge is 2.02. The molecule has 0 saturated carbocycles. The summed E-state index contributed by atoms with van der Waals surface area (Å²) < 4.78 is 11.3. The molecule has 5 heteroatoms. The third-order valence-electron chi connectivity index (χ3n) is 3.58. The molecule has 130 valence electrons. The average Bonchev–Trinajstić information content (AvgIpc) is 2.65. The van der Waals surface area contributed by atoms with E-state index in [1.54, 1.807) is 0 Å². The van der Waals surface area contributed by atoms with Crippen LogP contribution in [0.2, 0.25) is 0 Å². The summed E-state index contributed by atoms with van der Waals surface area (Å²) in [6, 6.07) is 17.3. The quantitative estimate of drug-likeness (QED) is 0.713. The lowest BCUT2D eigenvalue weighted by molar-refractivity contribution is -0.120. The predicted octanol–water partition coefficient (Wildman–Crippen LogP) is 3.24. The Balaban J connectivity index is 1.74. The summed E-state index contributed by atoms with van der Waals surface area (Å²) in [4.78, 5) is 11.3. The van der Waals surface area contributed by atoms with Gasteiger partial charge in [-0.1, -0.05) is 31.2 Å². The van der Waals surface area contributed by atoms with Crippen LogP contribution in [-0.4, -0.2) is 19.1 Å². The molecule has 0 aliphatic rings. The number of nitrogens with zero attached hydrogens (tertiary/aromatic N) is 1. The summed E-state index contributed by atoms with van der Waals surface area (Å²) in [5, 5.41) is 11.1. The van der Waals surface area contributed by atoms with Gasteiger partial charge in [0, 0.05) is 6.54 Å². The molecule has 0 saturated heterocycles. The van der Waals surface area contributed by atoms with Crippen LogP contribution in [0.3, 0.4) is 0 Å². The highest BCUT2D eigenvalue weighted by molar-refractivity contribution is 5.77. The molecule has 0 aliphatic heterocycles. The fraction of sp³-hybridized carbons (Fsp3) is 0.300. The van der Waals surface area contributed by atoms with Gasteiger partial charge >= 0.3 is 0 Å². The van der Waals surface area contributed by atoms with Gasteiger partial charge in [0.25, 0.3) is 0 Å². The van der Waals surface area contributed by atoms with E-state index in [9.17, 15) is 4.79 Å². The lowest BCUT2D eigenvalue weighted by atomic mass is 10.2. The maximum Gasteiger partial charge on any atom is 0.234 e. The molecule has 0 aromatic heterocycles. The van der Waals surface area contributed by atoms with Gasteiger partial charge in [-0.3, -0.25) is 4.79 Å². The predicted molar refractivity (Wildman–Crippen MR) is 95.3 cm³/mol. The molecule has 0 bridgehead atoms. The summed E-state index contributed by atoms with van der Waals surface area (Å²) >= 11 is 0. The zero-order chi connectivity index (χ0) is 17.9. The third-order valence-corrected chi connectivity index (χ3v) is 3.58. The molecule has 1 amide bonds. The highest BCUT2D eigenvalue weighted by atomic mass is 16.5. The Hall–Kier alpha value is -3.00. The minimum absolute atomic E-state index is 0.132. The molecule has 25 heavy (non-hydrogen) atoms. The van der Waals surface area contributed by atoms with Gasteiger partial charge in [0.2, 0.25) is 5.91 Å². The first kappa shape index (κ1) is 18.3. The lowest BCUT2D eigenvalue weighted by Gasteiger charge is -2.10. The van der Waals surface area contributed by atoms with Crippen molar-refractivity contribution in [3.05, 3.63) is 59.7 Å². The van der Waals surface area contributed by atoms with Crippen LogP contribution in [0.1, 0.15) is 24.5 Å². The number of rotatable bonds is 9. The van der Waals surface area contributed by atoms with Gasteiger partial charge in [-0.05, 0) is 41.8 Å². The molecule has 1 N–H and O–H groups in total. The molecule has 2 aromatic rings. The monoisotopic (exact) mass is 338 g/mol. The summed E-state index contributed by atoms with van der Waals surface area (Å²) in [6.07, 6.45) is 0.878. The topological polar surface area (TPSA) is 71.3 Å². The number of nitriles is 1. The van der Waals surface area contributed by atoms with Crippen molar-refractivity contribution in [2.75, 3.05) is 13.2 Å². The summed E-state index contributed by atoms with van der Waals surface area (Å²) in [7, 11) is 0. The minimum Gasteiger partial charge on any atom is -0.490 e. The van der Waals surface area contributed by atoms with Gasteiger partial charge < -0.3 is 14.8 Å². The Labute approximate surface area is 148 Å². The van der Waals surface area contributed by atoms with Crippen LogP contribution in [0.15, 0.2) is 48.5 Å². The van der Waals surface area contributed by atoms with Crippen LogP contribution in [0.4, 0.5) is 0 Å². The zero-order valence-electron chi connectivity index (χ0n) is 14.3. The Morgan fingerprint density at radius 3 is 2.44 bits per heavy atom. The molecular weight excluding hydrogens is 316 g/mol. The minimum atomic E-state index is -0.281. The zero-order valence-corrected chi connectivity index (χ0v) is 14.3. The second kappa shape index (κ2) is 9.99. The van der Waals surface area contributed by atoms with Crippen LogP contribution in [0.25, 0.3) is 0 Å². The van der Waals surface area contributed by atoms with Gasteiger partial charge in [0.15, 0.2) is 0 Å². The van der Waals surface area contributed by atoms with E-state index < -0.39 is 0 Å². The number of nitrogens with one attached hydrogen (secondary N) is 1. The Morgan fingerprint density at radius 1 is 1.04 bits per heavy atom. The number of hydrogen-bond donors (Lipinski definition) is 1. The first-order chi connectivity index (χ1) is 12.2. The molecule has 2 aromatic carbocycles. The smallest absolute Gasteiger partial charge is 0.234 e. The third kappa shape index (κ3) is 6.56. The summed E-state index contributed by atoms with van der Waals surface area (Å²) in [5.74, 6) is 1.27. The second-order valence-corrected chi connectivity index (χ2v) is 5.45. The molecular formula is C20H22N2O3. The van der Waals surface area contributed by atoms with Crippen LogP contribution in [0, 0.1) is 11.3 Å². The maximum atomic E-state index is 11.3. The number of ether oxygens (including phenoxy) is 2. The molecule has 0 radical (unpaired) electrons. The second-order valence-electron chi connectivity index (χ2n) is 5.45. The van der Waals surface area contributed by atoms with Crippen molar-refractivity contribution >= 4 is 5.91 Å². The fourth-order valence-electron chi connectivity index (χ4n) is 2.22. The number of benzene rings is 2. The van der Waals surface area contributed by atoms with Crippen LogP contribution in [0.5, 0.6) is 11.5 Å². The van der Waals surface area contributed by atoms with E-state index in [0.29, 0.717) is 19.8 Å². The van der Waals surface area contributed by atoms with Crippen molar-refractivity contribution in [3.63, 3.8) is 0 Å². The van der Waals surface area contributed by atoms with Crippen molar-refractivity contribution in [2.24, 2.45) is 0 Å². The summed E-state index contributed by atoms with van der Waals surface area (Å²) in [5.41, 5.74) is 2.20. The standard InChI is InChI=1S/C20H22N2O3/c1-2-16-6-8-18(9-7-16)24-12-13-25-19-5-3-4-17(14-19)15-22-20(23)10-11-21/h3-9,14H,2,10,12-13,15H2,1H3,(H,22,23). The van der Waals surface area contributed by atoms with Gasteiger partial charge in [-0.2, -0.15) is 5.26 Å². The fourth-order valence-corrected chi connectivity index (χ4v) is 2.22. The van der Waals surface area contributed by atoms with E-state index in [2.05, 4.69) is 24.4 Å². The molecule has 5 nitrogen and oxygen atoms in total. The van der Waals surface area contributed by atoms with Crippen molar-refractivity contribution in [2.45, 2.75) is 26.3 Å². The van der Waals surface area contributed by atoms with E-state index in [1.165, 1.54) is 5.56 Å². The number of carbonyl (C=O) groups is 1. The van der Waals surface area contributed by atoms with Gasteiger partial charge in [0.1, 0.15) is 31.1 Å². The van der Waals surface area contributed by atoms with E-state index in [-0.39, 0.29) is 12.3 Å². The first-order valence-electron chi connectivity index (χ1n) is 8.28. The number of aryl methyl sites for hydroxylation is 1. The number of carbonyl (C=O) groups excluding carboxylic acids is 1. The van der Waals surface area contributed by atoms with Crippen LogP contribution >= 0.6 is 0 Å². The SMILES string of the molecule is CCc1ccc(OCCOc2cccc(CNC(=O)CC#N)c2)cc1.